The summed E-state index contributed by atoms with van der Waals surface area (Å²) in [6.45, 7) is 3.88. The van der Waals surface area contributed by atoms with Crippen molar-refractivity contribution in [2.45, 2.75) is 38.0 Å². The van der Waals surface area contributed by atoms with Crippen molar-refractivity contribution in [3.8, 4) is 0 Å². The second-order valence-corrected chi connectivity index (χ2v) is 8.69. The van der Waals surface area contributed by atoms with Gasteiger partial charge in [0.15, 0.2) is 0 Å². The second-order valence-electron chi connectivity index (χ2n) is 8.69. The van der Waals surface area contributed by atoms with E-state index in [1.807, 2.05) is 32.1 Å². The van der Waals surface area contributed by atoms with E-state index >= 15 is 0 Å². The Bertz CT molecular complexity index is 1090. The molecule has 1 saturated heterocycles. The zero-order chi connectivity index (χ0) is 20.2. The van der Waals surface area contributed by atoms with Crippen LogP contribution in [0.25, 0.3) is 10.9 Å². The van der Waals surface area contributed by atoms with Crippen molar-refractivity contribution in [1.82, 2.24) is 15.0 Å². The summed E-state index contributed by atoms with van der Waals surface area (Å²) < 4.78 is 14.0. The van der Waals surface area contributed by atoms with Crippen LogP contribution in [0.3, 0.4) is 0 Å². The normalized spacial score (nSPS) is 21.0. The molecule has 1 aromatic carbocycles. The third kappa shape index (κ3) is 3.02. The lowest BCUT2D eigenvalue weighted by atomic mass is 9.77. The molecule has 5 nitrogen and oxygen atoms in total. The number of rotatable bonds is 2. The first-order valence-electron chi connectivity index (χ1n) is 10.3. The third-order valence-corrected chi connectivity index (χ3v) is 6.42. The summed E-state index contributed by atoms with van der Waals surface area (Å²) in [5.74, 6) is 0.556. The summed E-state index contributed by atoms with van der Waals surface area (Å²) in [6.07, 6.45) is 6.37. The summed E-state index contributed by atoms with van der Waals surface area (Å²) in [6, 6.07) is 6.99. The van der Waals surface area contributed by atoms with Gasteiger partial charge in [0.1, 0.15) is 5.82 Å². The smallest absolute Gasteiger partial charge is 0.225 e. The minimum atomic E-state index is -0.217. The molecule has 0 radical (unpaired) electrons. The molecule has 1 fully saturated rings. The topological polar surface area (TPSA) is 45.2 Å². The van der Waals surface area contributed by atoms with Gasteiger partial charge >= 0.3 is 0 Å². The zero-order valence-electron chi connectivity index (χ0n) is 17.2. The second kappa shape index (κ2) is 6.65. The molecule has 6 heteroatoms. The number of nitrogens with zero attached hydrogens (tertiary/aromatic N) is 5. The molecule has 3 aromatic rings. The van der Waals surface area contributed by atoms with Crippen molar-refractivity contribution in [3.63, 3.8) is 0 Å². The van der Waals surface area contributed by atoms with Gasteiger partial charge in [0.25, 0.3) is 0 Å². The molecule has 0 saturated carbocycles. The predicted octanol–water partition coefficient (Wildman–Crippen LogP) is 4.02. The fraction of sp³-hybridized carbons (Fsp3) is 0.435. The lowest BCUT2D eigenvalue weighted by molar-refractivity contribution is 0.335. The van der Waals surface area contributed by atoms with Crippen LogP contribution in [0, 0.1) is 12.7 Å². The number of benzene rings is 1. The van der Waals surface area contributed by atoms with Gasteiger partial charge in [-0.1, -0.05) is 0 Å². The summed E-state index contributed by atoms with van der Waals surface area (Å²) in [4.78, 5) is 18.5. The number of aromatic nitrogens is 3. The molecular weight excluding hydrogens is 365 g/mol. The predicted molar refractivity (Wildman–Crippen MR) is 114 cm³/mol. The number of anilines is 2. The van der Waals surface area contributed by atoms with Crippen LogP contribution in [0.1, 0.15) is 36.2 Å². The number of fused-ring (bicyclic) bond motifs is 3. The first-order valence-corrected chi connectivity index (χ1v) is 10.3. The third-order valence-electron chi connectivity index (χ3n) is 6.42. The highest BCUT2D eigenvalue weighted by Gasteiger charge is 2.44. The Labute approximate surface area is 170 Å². The summed E-state index contributed by atoms with van der Waals surface area (Å²) in [7, 11) is 3.97. The molecule has 29 heavy (non-hydrogen) atoms. The molecule has 2 aromatic heterocycles. The minimum absolute atomic E-state index is 0.0398. The number of aryl methyl sites for hydroxylation is 2. The summed E-state index contributed by atoms with van der Waals surface area (Å²) in [5, 5.41) is 0.891. The lowest BCUT2D eigenvalue weighted by Crippen LogP contribution is -2.45. The maximum Gasteiger partial charge on any atom is 0.225 e. The quantitative estimate of drug-likeness (QED) is 0.660. The largest absolute Gasteiger partial charge is 0.370 e. The molecule has 2 aliphatic rings. The van der Waals surface area contributed by atoms with Gasteiger partial charge in [-0.3, -0.25) is 4.98 Å². The molecule has 5 rings (SSSR count). The summed E-state index contributed by atoms with van der Waals surface area (Å²) in [5.41, 5.74) is 5.42. The Balaban J connectivity index is 1.58. The van der Waals surface area contributed by atoms with Crippen LogP contribution in [-0.2, 0) is 11.8 Å². The molecule has 0 bridgehead atoms. The molecule has 1 unspecified atom stereocenters. The van der Waals surface area contributed by atoms with Gasteiger partial charge in [0, 0.05) is 55.6 Å². The number of halogens is 1. The minimum Gasteiger partial charge on any atom is -0.370 e. The highest BCUT2D eigenvalue weighted by Crippen LogP contribution is 2.45. The van der Waals surface area contributed by atoms with E-state index in [0.29, 0.717) is 0 Å². The van der Waals surface area contributed by atoms with Gasteiger partial charge < -0.3 is 9.80 Å². The Morgan fingerprint density at radius 3 is 2.83 bits per heavy atom. The van der Waals surface area contributed by atoms with E-state index in [2.05, 4.69) is 20.9 Å². The maximum atomic E-state index is 14.0. The number of hydrogen-bond acceptors (Lipinski definition) is 5. The molecule has 1 spiro atoms. The van der Waals surface area contributed by atoms with Gasteiger partial charge in [0.05, 0.1) is 11.2 Å². The highest BCUT2D eigenvalue weighted by molar-refractivity contribution is 5.92. The fourth-order valence-corrected chi connectivity index (χ4v) is 5.05. The lowest BCUT2D eigenvalue weighted by Gasteiger charge is -2.42. The molecule has 1 aliphatic heterocycles. The van der Waals surface area contributed by atoms with Crippen LogP contribution in [0.15, 0.2) is 30.5 Å². The molecule has 3 heterocycles. The van der Waals surface area contributed by atoms with Crippen LogP contribution in [0.4, 0.5) is 16.0 Å². The van der Waals surface area contributed by atoms with Crippen LogP contribution >= 0.6 is 0 Å². The number of piperidine rings is 1. The van der Waals surface area contributed by atoms with Crippen LogP contribution < -0.4 is 9.80 Å². The molecule has 150 valence electrons. The summed E-state index contributed by atoms with van der Waals surface area (Å²) >= 11 is 0. The zero-order valence-corrected chi connectivity index (χ0v) is 17.2. The average molecular weight is 391 g/mol. The van der Waals surface area contributed by atoms with Gasteiger partial charge in [-0.05, 0) is 62.4 Å². The molecular formula is C23H26FN5. The van der Waals surface area contributed by atoms with Crippen molar-refractivity contribution in [2.24, 2.45) is 0 Å². The Kier molecular flexibility index (Phi) is 4.19. The van der Waals surface area contributed by atoms with Crippen molar-refractivity contribution in [2.75, 3.05) is 37.0 Å². The number of pyridine rings is 1. The van der Waals surface area contributed by atoms with E-state index in [1.54, 1.807) is 12.1 Å². The van der Waals surface area contributed by atoms with Crippen LogP contribution in [0.5, 0.6) is 0 Å². The molecule has 1 atom stereocenters. The Hall–Kier alpha value is -2.76. The Morgan fingerprint density at radius 1 is 1.14 bits per heavy atom. The van der Waals surface area contributed by atoms with Crippen molar-refractivity contribution < 1.29 is 4.39 Å². The van der Waals surface area contributed by atoms with E-state index in [4.69, 9.17) is 4.98 Å². The fourth-order valence-electron chi connectivity index (χ4n) is 5.05. The maximum absolute atomic E-state index is 14.0. The van der Waals surface area contributed by atoms with Gasteiger partial charge in [-0.15, -0.1) is 0 Å². The van der Waals surface area contributed by atoms with E-state index in [-0.39, 0.29) is 11.2 Å². The van der Waals surface area contributed by atoms with Gasteiger partial charge in [0.2, 0.25) is 5.95 Å². The van der Waals surface area contributed by atoms with E-state index in [9.17, 15) is 4.39 Å². The number of hydrogen-bond donors (Lipinski definition) is 0. The first kappa shape index (κ1) is 18.3. The molecule has 0 N–H and O–H groups in total. The highest BCUT2D eigenvalue weighted by atomic mass is 19.1. The average Bonchev–Trinajstić information content (AvgIpc) is 3.05. The van der Waals surface area contributed by atoms with Crippen molar-refractivity contribution in [1.29, 1.82) is 0 Å². The van der Waals surface area contributed by atoms with E-state index < -0.39 is 0 Å². The molecule has 1 aliphatic carbocycles. The van der Waals surface area contributed by atoms with Crippen LogP contribution in [-0.4, -0.2) is 42.1 Å². The van der Waals surface area contributed by atoms with E-state index in [0.717, 1.165) is 67.0 Å². The van der Waals surface area contributed by atoms with Crippen LogP contribution in [0.2, 0.25) is 0 Å². The van der Waals surface area contributed by atoms with Gasteiger partial charge in [-0.2, -0.15) is 0 Å². The van der Waals surface area contributed by atoms with E-state index in [1.165, 1.54) is 17.3 Å². The van der Waals surface area contributed by atoms with Gasteiger partial charge in [-0.25, -0.2) is 14.4 Å². The standard InChI is InChI=1S/C23H26FN5/c1-15-11-20(18-12-17(24)5-6-19(18)26-15)29-10-4-8-23(14-29)9-7-16-13-25-22(28(2)3)27-21(16)23/h5-6,11-13H,4,7-10,14H2,1-3H3. The SMILES string of the molecule is Cc1cc(N2CCCC3(CCc4cnc(N(C)C)nc43)C2)c2cc(F)ccc2n1. The van der Waals surface area contributed by atoms with Crippen molar-refractivity contribution in [3.05, 3.63) is 53.2 Å². The van der Waals surface area contributed by atoms with Crippen molar-refractivity contribution >= 4 is 22.5 Å². The Morgan fingerprint density at radius 2 is 2.00 bits per heavy atom. The monoisotopic (exact) mass is 391 g/mol. The molecule has 0 amide bonds. The first-order chi connectivity index (χ1) is 13.9.